The van der Waals surface area contributed by atoms with Crippen LogP contribution in [-0.4, -0.2) is 76.5 Å². The molecule has 0 fully saturated rings. The molecule has 0 aromatic rings. The molecule has 0 unspecified atom stereocenters. The number of rotatable bonds is 0. The molecule has 0 aliphatic heterocycles. The van der Waals surface area contributed by atoms with Crippen molar-refractivity contribution in [2.45, 2.75) is 12.4 Å². The van der Waals surface area contributed by atoms with Gasteiger partial charge in [-0.2, -0.15) is 26.3 Å². The summed E-state index contributed by atoms with van der Waals surface area (Å²) in [5.41, 5.74) is 0. The van der Waals surface area contributed by atoms with Gasteiger partial charge in [0.15, 0.2) is 0 Å². The van der Waals surface area contributed by atoms with Crippen LogP contribution in [0.5, 0.6) is 0 Å². The molecule has 0 aliphatic carbocycles. The van der Waals surface area contributed by atoms with E-state index in [4.69, 9.17) is 25.3 Å². The predicted octanol–water partition coefficient (Wildman–Crippen LogP) is -3.44. The van der Waals surface area contributed by atoms with Crippen molar-refractivity contribution in [3.8, 4) is 0 Å². The first-order valence-corrected chi connectivity index (χ1v) is 3.19. The molecule has 0 bridgehead atoms. The summed E-state index contributed by atoms with van der Waals surface area (Å²) in [4.78, 5) is 0. The van der Waals surface area contributed by atoms with Crippen molar-refractivity contribution >= 4 is 30.4 Å². The van der Waals surface area contributed by atoms with Crippen LogP contribution < -0.4 is 10.2 Å². The quantitative estimate of drug-likeness (QED) is 0.316. The van der Waals surface area contributed by atoms with Crippen LogP contribution in [0.3, 0.4) is 0 Å². The largest absolute Gasteiger partial charge is 2.00 e. The van der Waals surface area contributed by atoms with Gasteiger partial charge in [-0.25, -0.2) is 0 Å². The fourth-order valence-corrected chi connectivity index (χ4v) is 0. The molecule has 0 aliphatic rings. The van der Waals surface area contributed by atoms with E-state index in [9.17, 15) is 26.3 Å². The summed E-state index contributed by atoms with van der Waals surface area (Å²) in [6, 6.07) is 0. The number of halogens is 6. The van der Waals surface area contributed by atoms with E-state index in [1.54, 1.807) is 0 Å². The normalized spacial score (nSPS) is 9.50. The Bertz CT molecular complexity index is 137. The Kier molecular flexibility index (Phi) is 26.1. The molecule has 5 N–H and O–H groups in total. The third-order valence-electron chi connectivity index (χ3n) is 0.327. The van der Waals surface area contributed by atoms with Crippen LogP contribution >= 0.6 is 0 Å². The van der Waals surface area contributed by atoms with Gasteiger partial charge in [0.25, 0.3) is 0 Å². The zero-order valence-corrected chi connectivity index (χ0v) is 10.0. The molecule has 108 valence electrons. The first-order chi connectivity index (χ1) is 6.85. The average molecular weight is 302 g/mol. The van der Waals surface area contributed by atoms with E-state index in [2.05, 4.69) is 0 Å². The third kappa shape index (κ3) is 97.7. The van der Waals surface area contributed by atoms with E-state index in [0.717, 1.165) is 0 Å². The van der Waals surface area contributed by atoms with E-state index in [1.165, 1.54) is 0 Å². The van der Waals surface area contributed by atoms with Crippen molar-refractivity contribution in [3.05, 3.63) is 0 Å². The van der Waals surface area contributed by atoms with Crippen LogP contribution in [0, 0.1) is 0 Å². The van der Waals surface area contributed by atoms with Gasteiger partial charge in [0, 0.05) is 0 Å². The summed E-state index contributed by atoms with van der Waals surface area (Å²) in [7, 11) is -2.17. The number of alkyl halides is 6. The van der Waals surface area contributed by atoms with Crippen LogP contribution in [0.2, 0.25) is 0 Å². The molecule has 0 atom stereocenters. The molecule has 0 saturated carbocycles. The Morgan fingerprint density at radius 3 is 0.833 bits per heavy atom. The molecule has 0 spiro atoms. The summed E-state index contributed by atoms with van der Waals surface area (Å²) >= 11 is 0. The zero-order chi connectivity index (χ0) is 14.0. The summed E-state index contributed by atoms with van der Waals surface area (Å²) in [6.45, 7) is -3.96. The Balaban J connectivity index is -0.0000000454. The molecular weight excluding hydrogens is 293 g/mol. The van der Waals surface area contributed by atoms with Crippen molar-refractivity contribution in [2.24, 2.45) is 0 Å². The maximum absolute atomic E-state index is 10.5. The number of hydrogen-bond donors (Lipinski definition) is 3. The fraction of sp³-hybridized carbons (Fsp3) is 1.00. The van der Waals surface area contributed by atoms with E-state index >= 15 is 0 Å². The van der Waals surface area contributed by atoms with Crippen molar-refractivity contribution in [1.29, 1.82) is 0 Å². The second-order valence-electron chi connectivity index (χ2n) is 1.87. The molecule has 0 heterocycles. The summed E-state index contributed by atoms with van der Waals surface area (Å²) in [5.74, 6) is 0. The SMILES string of the molecule is O.OB(O)O.[Mg+2].[O-]CC(F)(F)F.[O-]CC(F)(F)F. The van der Waals surface area contributed by atoms with Gasteiger partial charge in [0.1, 0.15) is 0 Å². The maximum Gasteiger partial charge on any atom is 2.00 e. The van der Waals surface area contributed by atoms with Crippen LogP contribution in [0.4, 0.5) is 26.3 Å². The van der Waals surface area contributed by atoms with Gasteiger partial charge in [0.05, 0.1) is 0 Å². The Morgan fingerprint density at radius 2 is 0.833 bits per heavy atom. The molecule has 14 heteroatoms. The van der Waals surface area contributed by atoms with E-state index in [-0.39, 0.29) is 28.5 Å². The molecule has 0 rings (SSSR count). The van der Waals surface area contributed by atoms with E-state index in [1.807, 2.05) is 0 Å². The van der Waals surface area contributed by atoms with Crippen LogP contribution in [0.15, 0.2) is 0 Å². The standard InChI is InChI=1S/2C2H2F3O.BH3O3.Mg.H2O/c2*3-2(4,5)1-6;2-1(3)4;;/h2*1H2;2-4H;;1H2/q2*-1;;+2;. The monoisotopic (exact) mass is 302 g/mol. The van der Waals surface area contributed by atoms with Gasteiger partial charge < -0.3 is 30.8 Å². The molecule has 0 saturated heterocycles. The zero-order valence-electron chi connectivity index (χ0n) is 8.62. The molecule has 6 nitrogen and oxygen atoms in total. The first kappa shape index (κ1) is 30.9. The molecular formula is C4H9BF6MgO6. The predicted molar refractivity (Wildman–Crippen MR) is 43.6 cm³/mol. The average Bonchev–Trinajstić information content (AvgIpc) is 2.02. The van der Waals surface area contributed by atoms with Crippen molar-refractivity contribution in [2.75, 3.05) is 13.2 Å². The molecule has 18 heavy (non-hydrogen) atoms. The second kappa shape index (κ2) is 15.2. The van der Waals surface area contributed by atoms with Crippen molar-refractivity contribution in [3.63, 3.8) is 0 Å². The Hall–Kier alpha value is 0.171. The Labute approximate surface area is 113 Å². The van der Waals surface area contributed by atoms with Gasteiger partial charge in [0.2, 0.25) is 0 Å². The van der Waals surface area contributed by atoms with Gasteiger partial charge in [-0.05, 0) is 13.2 Å². The van der Waals surface area contributed by atoms with E-state index in [0.29, 0.717) is 0 Å². The molecule has 0 radical (unpaired) electrons. The maximum atomic E-state index is 10.5. The topological polar surface area (TPSA) is 138 Å². The van der Waals surface area contributed by atoms with Gasteiger partial charge in [-0.15, -0.1) is 0 Å². The molecule has 0 aromatic heterocycles. The van der Waals surface area contributed by atoms with Crippen LogP contribution in [-0.2, 0) is 0 Å². The minimum Gasteiger partial charge on any atom is -0.848 e. The van der Waals surface area contributed by atoms with Crippen molar-refractivity contribution < 1.29 is 57.1 Å². The fourth-order valence-electron chi connectivity index (χ4n) is 0. The van der Waals surface area contributed by atoms with Crippen molar-refractivity contribution in [1.82, 2.24) is 0 Å². The smallest absolute Gasteiger partial charge is 0.848 e. The van der Waals surface area contributed by atoms with Crippen LogP contribution in [0.25, 0.3) is 0 Å². The molecule has 0 aromatic carbocycles. The third-order valence-corrected chi connectivity index (χ3v) is 0.327. The minimum atomic E-state index is -4.51. The van der Waals surface area contributed by atoms with E-state index < -0.39 is 32.9 Å². The van der Waals surface area contributed by atoms with Crippen LogP contribution in [0.1, 0.15) is 0 Å². The first-order valence-electron chi connectivity index (χ1n) is 3.19. The van der Waals surface area contributed by atoms with Gasteiger partial charge in [-0.3, -0.25) is 0 Å². The van der Waals surface area contributed by atoms with Gasteiger partial charge in [-0.1, -0.05) is 0 Å². The Morgan fingerprint density at radius 1 is 0.778 bits per heavy atom. The summed E-state index contributed by atoms with van der Waals surface area (Å²) in [5, 5.41) is 39.2. The summed E-state index contributed by atoms with van der Waals surface area (Å²) < 4.78 is 62.8. The van der Waals surface area contributed by atoms with Gasteiger partial charge >= 0.3 is 42.7 Å². The number of hydrogen-bond acceptors (Lipinski definition) is 5. The summed E-state index contributed by atoms with van der Waals surface area (Å²) in [6.07, 6.45) is -9.03. The second-order valence-corrected chi connectivity index (χ2v) is 1.87. The molecule has 0 amide bonds. The minimum absolute atomic E-state index is 0.